The molecule has 1 saturated carbocycles. The van der Waals surface area contributed by atoms with Crippen LogP contribution in [0, 0.1) is 5.92 Å². The molecule has 1 unspecified atom stereocenters. The molecular formula is C13H24N2O3. The van der Waals surface area contributed by atoms with Crippen LogP contribution in [0.5, 0.6) is 0 Å². The fraction of sp³-hybridized carbons (Fsp3) is 0.846. The van der Waals surface area contributed by atoms with Gasteiger partial charge in [-0.3, -0.25) is 9.59 Å². The summed E-state index contributed by atoms with van der Waals surface area (Å²) < 4.78 is 0. The fourth-order valence-corrected chi connectivity index (χ4v) is 2.38. The summed E-state index contributed by atoms with van der Waals surface area (Å²) in [5.41, 5.74) is 4.49. The van der Waals surface area contributed by atoms with Crippen molar-refractivity contribution in [2.75, 3.05) is 0 Å². The first kappa shape index (κ1) is 15.0. The van der Waals surface area contributed by atoms with Gasteiger partial charge in [-0.25, -0.2) is 0 Å². The molecule has 104 valence electrons. The normalized spacial score (nSPS) is 21.1. The molecule has 0 saturated heterocycles. The van der Waals surface area contributed by atoms with Gasteiger partial charge in [-0.1, -0.05) is 39.5 Å². The van der Waals surface area contributed by atoms with E-state index < -0.39 is 23.5 Å². The van der Waals surface area contributed by atoms with Gasteiger partial charge in [0.1, 0.15) is 11.6 Å². The van der Waals surface area contributed by atoms with Crippen LogP contribution in [0.1, 0.15) is 52.4 Å². The van der Waals surface area contributed by atoms with Gasteiger partial charge in [0.15, 0.2) is 0 Å². The Bertz CT molecular complexity index is 307. The van der Waals surface area contributed by atoms with Gasteiger partial charge in [-0.05, 0) is 18.8 Å². The molecule has 5 heteroatoms. The molecule has 0 aromatic heterocycles. The predicted molar refractivity (Wildman–Crippen MR) is 68.6 cm³/mol. The first-order chi connectivity index (χ1) is 8.39. The molecule has 0 radical (unpaired) electrons. The molecule has 1 rings (SSSR count). The van der Waals surface area contributed by atoms with Crippen molar-refractivity contribution in [2.45, 2.75) is 64.0 Å². The monoisotopic (exact) mass is 256 g/mol. The van der Waals surface area contributed by atoms with E-state index in [2.05, 4.69) is 5.32 Å². The second-order valence-electron chi connectivity index (χ2n) is 5.54. The Morgan fingerprint density at radius 3 is 2.06 bits per heavy atom. The number of hydrogen-bond acceptors (Lipinski definition) is 3. The summed E-state index contributed by atoms with van der Waals surface area (Å²) in [6.07, 6.45) is 3.90. The lowest BCUT2D eigenvalue weighted by molar-refractivity contribution is -0.138. The minimum absolute atomic E-state index is 0.180. The standard InChI is InChI=1S/C13H24N2O3/c1-9(2)10(16)11(17)15-13(12(14)18)7-5-3-4-6-8-13/h9-10,16H,3-8H2,1-2H3,(H2,14,18)(H,15,17). The van der Waals surface area contributed by atoms with E-state index in [1.165, 1.54) is 0 Å². The molecule has 0 bridgehead atoms. The number of hydrogen-bond donors (Lipinski definition) is 3. The van der Waals surface area contributed by atoms with Gasteiger partial charge in [0, 0.05) is 0 Å². The molecule has 5 nitrogen and oxygen atoms in total. The third kappa shape index (κ3) is 3.45. The first-order valence-corrected chi connectivity index (χ1v) is 6.69. The Morgan fingerprint density at radius 1 is 1.17 bits per heavy atom. The fourth-order valence-electron chi connectivity index (χ4n) is 2.38. The van der Waals surface area contributed by atoms with Crippen LogP contribution in [0.3, 0.4) is 0 Å². The van der Waals surface area contributed by atoms with Crippen molar-refractivity contribution in [1.82, 2.24) is 5.32 Å². The molecule has 0 aromatic rings. The van der Waals surface area contributed by atoms with E-state index in [9.17, 15) is 14.7 Å². The van der Waals surface area contributed by atoms with Gasteiger partial charge in [-0.15, -0.1) is 0 Å². The quantitative estimate of drug-likeness (QED) is 0.646. The highest BCUT2D eigenvalue weighted by atomic mass is 16.3. The molecule has 0 heterocycles. The van der Waals surface area contributed by atoms with Gasteiger partial charge in [-0.2, -0.15) is 0 Å². The topological polar surface area (TPSA) is 92.4 Å². The Morgan fingerprint density at radius 2 is 1.67 bits per heavy atom. The van der Waals surface area contributed by atoms with Crippen molar-refractivity contribution in [1.29, 1.82) is 0 Å². The predicted octanol–water partition coefficient (Wildman–Crippen LogP) is 0.698. The van der Waals surface area contributed by atoms with Crippen LogP contribution >= 0.6 is 0 Å². The van der Waals surface area contributed by atoms with Crippen molar-refractivity contribution < 1.29 is 14.7 Å². The Hall–Kier alpha value is -1.10. The number of carbonyl (C=O) groups is 2. The highest BCUT2D eigenvalue weighted by Crippen LogP contribution is 2.27. The number of amides is 2. The highest BCUT2D eigenvalue weighted by molar-refractivity contribution is 5.91. The number of aliphatic hydroxyl groups excluding tert-OH is 1. The highest BCUT2D eigenvalue weighted by Gasteiger charge is 2.39. The van der Waals surface area contributed by atoms with Gasteiger partial charge >= 0.3 is 0 Å². The Balaban J connectivity index is 2.79. The average Bonchev–Trinajstić information content (AvgIpc) is 2.54. The van der Waals surface area contributed by atoms with E-state index in [0.29, 0.717) is 12.8 Å². The zero-order valence-corrected chi connectivity index (χ0v) is 11.2. The smallest absolute Gasteiger partial charge is 0.249 e. The molecule has 0 aromatic carbocycles. The van der Waals surface area contributed by atoms with E-state index in [-0.39, 0.29) is 5.92 Å². The van der Waals surface area contributed by atoms with Gasteiger partial charge in [0.05, 0.1) is 0 Å². The van der Waals surface area contributed by atoms with Gasteiger partial charge in [0.2, 0.25) is 11.8 Å². The summed E-state index contributed by atoms with van der Waals surface area (Å²) in [5, 5.41) is 12.4. The lowest BCUT2D eigenvalue weighted by atomic mass is 9.88. The van der Waals surface area contributed by atoms with Crippen molar-refractivity contribution in [2.24, 2.45) is 11.7 Å². The van der Waals surface area contributed by atoms with Crippen LogP contribution in [0.25, 0.3) is 0 Å². The number of nitrogens with one attached hydrogen (secondary N) is 1. The van der Waals surface area contributed by atoms with Crippen LogP contribution in [-0.4, -0.2) is 28.6 Å². The number of nitrogens with two attached hydrogens (primary N) is 1. The lowest BCUT2D eigenvalue weighted by Crippen LogP contribution is -2.59. The maximum absolute atomic E-state index is 11.9. The summed E-state index contributed by atoms with van der Waals surface area (Å²) in [5.74, 6) is -1.17. The zero-order valence-electron chi connectivity index (χ0n) is 11.2. The molecule has 1 fully saturated rings. The van der Waals surface area contributed by atoms with E-state index in [1.807, 2.05) is 0 Å². The largest absolute Gasteiger partial charge is 0.383 e. The summed E-state index contributed by atoms with van der Waals surface area (Å²) in [6, 6.07) is 0. The third-order valence-electron chi connectivity index (χ3n) is 3.69. The number of aliphatic hydroxyl groups is 1. The second kappa shape index (κ2) is 6.18. The maximum Gasteiger partial charge on any atom is 0.249 e. The third-order valence-corrected chi connectivity index (χ3v) is 3.69. The maximum atomic E-state index is 11.9. The summed E-state index contributed by atoms with van der Waals surface area (Å²) in [6.45, 7) is 3.52. The van der Waals surface area contributed by atoms with E-state index in [4.69, 9.17) is 5.73 Å². The second-order valence-corrected chi connectivity index (χ2v) is 5.54. The average molecular weight is 256 g/mol. The molecule has 1 aliphatic rings. The van der Waals surface area contributed by atoms with E-state index in [0.717, 1.165) is 25.7 Å². The lowest BCUT2D eigenvalue weighted by Gasteiger charge is -2.32. The van der Waals surface area contributed by atoms with Crippen LogP contribution < -0.4 is 11.1 Å². The zero-order chi connectivity index (χ0) is 13.8. The number of rotatable bonds is 4. The van der Waals surface area contributed by atoms with Crippen molar-refractivity contribution in [3.8, 4) is 0 Å². The summed E-state index contributed by atoms with van der Waals surface area (Å²) >= 11 is 0. The Kier molecular flexibility index (Phi) is 5.14. The van der Waals surface area contributed by atoms with Gasteiger partial charge < -0.3 is 16.2 Å². The summed E-state index contributed by atoms with van der Waals surface area (Å²) in [7, 11) is 0. The van der Waals surface area contributed by atoms with E-state index in [1.54, 1.807) is 13.8 Å². The number of carbonyl (C=O) groups excluding carboxylic acids is 2. The molecule has 0 spiro atoms. The van der Waals surface area contributed by atoms with Crippen LogP contribution in [0.15, 0.2) is 0 Å². The van der Waals surface area contributed by atoms with Crippen LogP contribution in [0.2, 0.25) is 0 Å². The minimum Gasteiger partial charge on any atom is -0.383 e. The molecule has 1 aliphatic carbocycles. The SMILES string of the molecule is CC(C)C(O)C(=O)NC1(C(N)=O)CCCCCC1. The summed E-state index contributed by atoms with van der Waals surface area (Å²) in [4.78, 5) is 23.6. The van der Waals surface area contributed by atoms with Crippen molar-refractivity contribution in [3.63, 3.8) is 0 Å². The van der Waals surface area contributed by atoms with Crippen LogP contribution in [0.4, 0.5) is 0 Å². The molecular weight excluding hydrogens is 232 g/mol. The molecule has 18 heavy (non-hydrogen) atoms. The molecule has 2 amide bonds. The Labute approximate surface area is 108 Å². The molecule has 1 atom stereocenters. The van der Waals surface area contributed by atoms with Crippen molar-refractivity contribution >= 4 is 11.8 Å². The van der Waals surface area contributed by atoms with E-state index >= 15 is 0 Å². The first-order valence-electron chi connectivity index (χ1n) is 6.69. The molecule has 4 N–H and O–H groups in total. The number of primary amides is 1. The minimum atomic E-state index is -1.09. The van der Waals surface area contributed by atoms with Crippen molar-refractivity contribution in [3.05, 3.63) is 0 Å². The van der Waals surface area contributed by atoms with Gasteiger partial charge in [0.25, 0.3) is 0 Å². The molecule has 0 aliphatic heterocycles. The van der Waals surface area contributed by atoms with Crippen LogP contribution in [-0.2, 0) is 9.59 Å².